The number of guanidine groups is 1. The molecule has 0 atom stereocenters. The molecule has 1 aromatic rings. The van der Waals surface area contributed by atoms with Gasteiger partial charge in [0.2, 0.25) is 5.95 Å². The number of hydrogen-bond donors (Lipinski definition) is 2. The summed E-state index contributed by atoms with van der Waals surface area (Å²) in [7, 11) is 1.86. The van der Waals surface area contributed by atoms with Crippen molar-refractivity contribution in [3.63, 3.8) is 0 Å². The van der Waals surface area contributed by atoms with Gasteiger partial charge in [0, 0.05) is 77.8 Å². The van der Waals surface area contributed by atoms with E-state index < -0.39 is 0 Å². The molecule has 2 fully saturated rings. The third kappa shape index (κ3) is 7.86. The zero-order chi connectivity index (χ0) is 19.6. The summed E-state index contributed by atoms with van der Waals surface area (Å²) in [4.78, 5) is 20.4. The van der Waals surface area contributed by atoms with Gasteiger partial charge in [-0.25, -0.2) is 9.97 Å². The van der Waals surface area contributed by atoms with E-state index in [0.29, 0.717) is 6.04 Å². The van der Waals surface area contributed by atoms with Crippen LogP contribution in [0.15, 0.2) is 23.5 Å². The number of piperidine rings is 1. The van der Waals surface area contributed by atoms with Crippen LogP contribution in [0.4, 0.5) is 5.95 Å². The van der Waals surface area contributed by atoms with Crippen LogP contribution in [0, 0.1) is 0 Å². The van der Waals surface area contributed by atoms with Crippen LogP contribution in [0.3, 0.4) is 0 Å². The van der Waals surface area contributed by atoms with Crippen LogP contribution in [-0.4, -0.2) is 97.7 Å². The molecule has 2 N–H and O–H groups in total. The molecule has 9 heteroatoms. The zero-order valence-electron chi connectivity index (χ0n) is 17.9. The van der Waals surface area contributed by atoms with Crippen LogP contribution in [0.5, 0.6) is 0 Å². The van der Waals surface area contributed by atoms with Crippen molar-refractivity contribution < 1.29 is 0 Å². The minimum atomic E-state index is 0. The molecule has 0 aliphatic carbocycles. The number of nitrogens with zero attached hydrogens (tertiary/aromatic N) is 6. The normalized spacial score (nSPS) is 19.7. The molecular weight excluding hydrogens is 479 g/mol. The number of anilines is 1. The summed E-state index contributed by atoms with van der Waals surface area (Å²) in [6.45, 7) is 11.9. The molecule has 0 radical (unpaired) electrons. The van der Waals surface area contributed by atoms with E-state index in [-0.39, 0.29) is 24.0 Å². The van der Waals surface area contributed by atoms with Crippen molar-refractivity contribution in [3.8, 4) is 0 Å². The maximum Gasteiger partial charge on any atom is 0.225 e. The van der Waals surface area contributed by atoms with Crippen molar-refractivity contribution in [2.45, 2.75) is 32.2 Å². The third-order valence-electron chi connectivity index (χ3n) is 5.62. The number of likely N-dealkylation sites (tertiary alicyclic amines) is 1. The van der Waals surface area contributed by atoms with E-state index in [1.54, 1.807) is 0 Å². The van der Waals surface area contributed by atoms with E-state index in [9.17, 15) is 0 Å². The van der Waals surface area contributed by atoms with Crippen LogP contribution in [0.2, 0.25) is 0 Å². The minimum absolute atomic E-state index is 0. The molecule has 3 heterocycles. The van der Waals surface area contributed by atoms with Gasteiger partial charge in [0.25, 0.3) is 0 Å². The zero-order valence-corrected chi connectivity index (χ0v) is 20.2. The molecule has 0 bridgehead atoms. The third-order valence-corrected chi connectivity index (χ3v) is 5.62. The highest BCUT2D eigenvalue weighted by molar-refractivity contribution is 14.0. The number of nitrogens with one attached hydrogen (secondary N) is 2. The first-order chi connectivity index (χ1) is 13.8. The Morgan fingerprint density at radius 1 is 1.03 bits per heavy atom. The summed E-state index contributed by atoms with van der Waals surface area (Å²) in [5.41, 5.74) is 0. The highest BCUT2D eigenvalue weighted by Gasteiger charge is 2.20. The lowest BCUT2D eigenvalue weighted by atomic mass is 10.1. The lowest BCUT2D eigenvalue weighted by Crippen LogP contribution is -2.51. The van der Waals surface area contributed by atoms with E-state index in [1.807, 2.05) is 25.5 Å². The Morgan fingerprint density at radius 3 is 2.31 bits per heavy atom. The quantitative estimate of drug-likeness (QED) is 0.321. The maximum absolute atomic E-state index is 4.41. The Balaban J connectivity index is 0.00000300. The van der Waals surface area contributed by atoms with Crippen LogP contribution < -0.4 is 15.5 Å². The second kappa shape index (κ2) is 13.2. The topological polar surface area (TPSA) is 71.9 Å². The largest absolute Gasteiger partial charge is 0.355 e. The SMILES string of the molecule is CCCN1CCC(NC(=NC)NCCN2CCN(c3ncccn3)CC2)CC1.I. The molecule has 3 rings (SSSR count). The molecule has 0 spiro atoms. The number of hydrogen-bond acceptors (Lipinski definition) is 6. The molecule has 0 unspecified atom stereocenters. The molecule has 164 valence electrons. The lowest BCUT2D eigenvalue weighted by molar-refractivity contribution is 0.206. The Morgan fingerprint density at radius 2 is 1.69 bits per heavy atom. The Labute approximate surface area is 192 Å². The molecule has 8 nitrogen and oxygen atoms in total. The van der Waals surface area contributed by atoms with Crippen LogP contribution in [-0.2, 0) is 0 Å². The number of piperazine rings is 1. The Kier molecular flexibility index (Phi) is 10.9. The smallest absolute Gasteiger partial charge is 0.225 e. The van der Waals surface area contributed by atoms with Crippen molar-refractivity contribution in [1.29, 1.82) is 0 Å². The fraction of sp³-hybridized carbons (Fsp3) is 0.750. The second-order valence-corrected chi connectivity index (χ2v) is 7.64. The highest BCUT2D eigenvalue weighted by atomic mass is 127. The minimum Gasteiger partial charge on any atom is -0.355 e. The second-order valence-electron chi connectivity index (χ2n) is 7.64. The van der Waals surface area contributed by atoms with Gasteiger partial charge in [0.05, 0.1) is 0 Å². The van der Waals surface area contributed by atoms with Crippen molar-refractivity contribution in [2.75, 3.05) is 70.9 Å². The summed E-state index contributed by atoms with van der Waals surface area (Å²) in [5.74, 6) is 1.78. The van der Waals surface area contributed by atoms with Gasteiger partial charge in [-0.05, 0) is 31.9 Å². The van der Waals surface area contributed by atoms with Gasteiger partial charge in [-0.15, -0.1) is 24.0 Å². The number of rotatable bonds is 7. The van der Waals surface area contributed by atoms with Crippen molar-refractivity contribution in [1.82, 2.24) is 30.4 Å². The van der Waals surface area contributed by atoms with Gasteiger partial charge in [0.15, 0.2) is 5.96 Å². The average molecular weight is 516 g/mol. The van der Waals surface area contributed by atoms with Crippen LogP contribution in [0.25, 0.3) is 0 Å². The lowest BCUT2D eigenvalue weighted by Gasteiger charge is -2.35. The summed E-state index contributed by atoms with van der Waals surface area (Å²) < 4.78 is 0. The van der Waals surface area contributed by atoms with E-state index in [2.05, 4.69) is 47.2 Å². The predicted molar refractivity (Wildman–Crippen MR) is 130 cm³/mol. The van der Waals surface area contributed by atoms with Gasteiger partial charge < -0.3 is 20.4 Å². The number of aromatic nitrogens is 2. The van der Waals surface area contributed by atoms with E-state index in [4.69, 9.17) is 0 Å². The molecule has 0 amide bonds. The summed E-state index contributed by atoms with van der Waals surface area (Å²) >= 11 is 0. The molecule has 0 aromatic carbocycles. The summed E-state index contributed by atoms with van der Waals surface area (Å²) in [6, 6.07) is 2.40. The van der Waals surface area contributed by atoms with Gasteiger partial charge in [-0.1, -0.05) is 6.92 Å². The maximum atomic E-state index is 4.41. The standard InChI is InChI=1S/C20H36N8.HI/c1-3-10-26-11-5-18(6-12-26)25-19(21-2)22-9-13-27-14-16-28(17-15-27)20-23-7-4-8-24-20;/h4,7-8,18H,3,5-6,9-17H2,1-2H3,(H2,21,22,25);1H. The molecule has 2 saturated heterocycles. The van der Waals surface area contributed by atoms with Gasteiger partial charge >= 0.3 is 0 Å². The fourth-order valence-electron chi connectivity index (χ4n) is 3.96. The van der Waals surface area contributed by atoms with Gasteiger partial charge in [-0.3, -0.25) is 9.89 Å². The molecular formula is C20H37IN8. The van der Waals surface area contributed by atoms with Gasteiger partial charge in [0.1, 0.15) is 0 Å². The first kappa shape index (κ1) is 24.1. The molecule has 29 heavy (non-hydrogen) atoms. The summed E-state index contributed by atoms with van der Waals surface area (Å²) in [5, 5.41) is 7.09. The number of halogens is 1. The van der Waals surface area contributed by atoms with E-state index in [0.717, 1.165) is 51.2 Å². The molecule has 1 aromatic heterocycles. The summed E-state index contributed by atoms with van der Waals surface area (Å²) in [6.07, 6.45) is 7.26. The Bertz CT molecular complexity index is 583. The molecule has 2 aliphatic rings. The van der Waals surface area contributed by atoms with Crippen molar-refractivity contribution >= 4 is 35.9 Å². The molecule has 2 aliphatic heterocycles. The average Bonchev–Trinajstić information content (AvgIpc) is 2.75. The first-order valence-corrected chi connectivity index (χ1v) is 10.7. The number of aliphatic imine (C=N–C) groups is 1. The van der Waals surface area contributed by atoms with Crippen molar-refractivity contribution in [2.24, 2.45) is 4.99 Å². The fourth-order valence-corrected chi connectivity index (χ4v) is 3.96. The predicted octanol–water partition coefficient (Wildman–Crippen LogP) is 1.26. The highest BCUT2D eigenvalue weighted by Crippen LogP contribution is 2.11. The van der Waals surface area contributed by atoms with Crippen molar-refractivity contribution in [3.05, 3.63) is 18.5 Å². The Hall–Kier alpha value is -1.20. The monoisotopic (exact) mass is 516 g/mol. The van der Waals surface area contributed by atoms with Gasteiger partial charge in [-0.2, -0.15) is 0 Å². The van der Waals surface area contributed by atoms with Crippen LogP contribution in [0.1, 0.15) is 26.2 Å². The van der Waals surface area contributed by atoms with E-state index in [1.165, 1.54) is 38.9 Å². The molecule has 0 saturated carbocycles. The first-order valence-electron chi connectivity index (χ1n) is 10.7. The van der Waals surface area contributed by atoms with E-state index >= 15 is 0 Å². The van der Waals surface area contributed by atoms with Crippen LogP contribution >= 0.6 is 24.0 Å².